The molecule has 0 aliphatic heterocycles. The average molecular weight is 369 g/mol. The molecule has 1 amide bonds. The van der Waals surface area contributed by atoms with Crippen LogP contribution in [0, 0.1) is 10.1 Å². The maximum atomic E-state index is 11.9. The van der Waals surface area contributed by atoms with E-state index < -0.39 is 10.8 Å². The van der Waals surface area contributed by atoms with E-state index in [1.54, 1.807) is 24.3 Å². The highest BCUT2D eigenvalue weighted by molar-refractivity contribution is 5.86. The lowest BCUT2D eigenvalue weighted by molar-refractivity contribution is -0.385. The number of hydrazone groups is 1. The minimum Gasteiger partial charge on any atom is -0.493 e. The van der Waals surface area contributed by atoms with Crippen LogP contribution in [0.1, 0.15) is 11.1 Å². The molecule has 0 aliphatic carbocycles. The summed E-state index contributed by atoms with van der Waals surface area (Å²) in [6, 6.07) is 11.4. The van der Waals surface area contributed by atoms with Crippen molar-refractivity contribution in [3.8, 4) is 11.5 Å². The summed E-state index contributed by atoms with van der Waals surface area (Å²) in [6.07, 6.45) is 3.68. The Morgan fingerprint density at radius 3 is 2.78 bits per heavy atom. The Bertz CT molecular complexity index is 864. The molecule has 1 N–H and O–H groups in total. The number of carbonyl (C=O) groups excluding carboxylic acids is 1. The molecular weight excluding hydrogens is 350 g/mol. The molecule has 0 bridgehead atoms. The Balaban J connectivity index is 1.93. The van der Waals surface area contributed by atoms with Crippen molar-refractivity contribution < 1.29 is 19.2 Å². The van der Waals surface area contributed by atoms with E-state index in [4.69, 9.17) is 9.47 Å². The van der Waals surface area contributed by atoms with E-state index >= 15 is 0 Å². The van der Waals surface area contributed by atoms with Gasteiger partial charge in [-0.15, -0.1) is 6.58 Å². The van der Waals surface area contributed by atoms with Crippen LogP contribution in [0.5, 0.6) is 11.5 Å². The number of carbonyl (C=O) groups is 1. The van der Waals surface area contributed by atoms with Gasteiger partial charge in [-0.1, -0.05) is 24.3 Å². The molecule has 2 aromatic rings. The summed E-state index contributed by atoms with van der Waals surface area (Å²) in [6.45, 7) is 3.40. The highest BCUT2D eigenvalue weighted by Crippen LogP contribution is 2.28. The predicted octanol–water partition coefficient (Wildman–Crippen LogP) is 2.86. The number of nitro benzene ring substituents is 1. The van der Waals surface area contributed by atoms with Gasteiger partial charge < -0.3 is 9.47 Å². The summed E-state index contributed by atoms with van der Waals surface area (Å²) in [7, 11) is 1.51. The van der Waals surface area contributed by atoms with Gasteiger partial charge in [-0.2, -0.15) is 5.10 Å². The Kier molecular flexibility index (Phi) is 7.07. The van der Waals surface area contributed by atoms with Crippen molar-refractivity contribution in [1.29, 1.82) is 0 Å². The van der Waals surface area contributed by atoms with Crippen molar-refractivity contribution in [2.24, 2.45) is 5.10 Å². The van der Waals surface area contributed by atoms with Gasteiger partial charge in [-0.05, 0) is 30.2 Å². The van der Waals surface area contributed by atoms with Crippen LogP contribution < -0.4 is 14.9 Å². The Morgan fingerprint density at radius 1 is 1.30 bits per heavy atom. The first-order chi connectivity index (χ1) is 13.0. The smallest absolute Gasteiger partial charge is 0.278 e. The third kappa shape index (κ3) is 5.67. The number of ether oxygens (including phenoxy) is 2. The number of amides is 1. The summed E-state index contributed by atoms with van der Waals surface area (Å²) >= 11 is 0. The molecular formula is C19H19N3O5. The zero-order valence-corrected chi connectivity index (χ0v) is 14.8. The highest BCUT2D eigenvalue weighted by atomic mass is 16.6. The second kappa shape index (κ2) is 9.71. The van der Waals surface area contributed by atoms with Crippen LogP contribution in [0.25, 0.3) is 0 Å². The van der Waals surface area contributed by atoms with Crippen LogP contribution in [0.3, 0.4) is 0 Å². The fourth-order valence-corrected chi connectivity index (χ4v) is 2.24. The quantitative estimate of drug-likeness (QED) is 0.317. The molecule has 27 heavy (non-hydrogen) atoms. The molecule has 0 heterocycles. The van der Waals surface area contributed by atoms with Gasteiger partial charge in [0.05, 0.1) is 23.8 Å². The topological polar surface area (TPSA) is 103 Å². The molecule has 0 atom stereocenters. The Morgan fingerprint density at radius 2 is 2.07 bits per heavy atom. The highest BCUT2D eigenvalue weighted by Gasteiger charge is 2.11. The van der Waals surface area contributed by atoms with Gasteiger partial charge in [0.2, 0.25) is 0 Å². The van der Waals surface area contributed by atoms with Crippen LogP contribution in [-0.4, -0.2) is 30.8 Å². The van der Waals surface area contributed by atoms with E-state index in [0.717, 1.165) is 5.56 Å². The number of hydrogen-bond acceptors (Lipinski definition) is 6. The second-order valence-corrected chi connectivity index (χ2v) is 5.38. The van der Waals surface area contributed by atoms with Crippen molar-refractivity contribution in [3.05, 3.63) is 76.4 Å². The first-order valence-corrected chi connectivity index (χ1v) is 8.01. The zero-order valence-electron chi connectivity index (χ0n) is 14.8. The summed E-state index contributed by atoms with van der Waals surface area (Å²) in [5, 5.41) is 14.6. The van der Waals surface area contributed by atoms with Crippen molar-refractivity contribution in [3.63, 3.8) is 0 Å². The molecule has 0 radical (unpaired) electrons. The van der Waals surface area contributed by atoms with Crippen molar-refractivity contribution in [2.75, 3.05) is 13.7 Å². The number of nitrogens with one attached hydrogen (secondary N) is 1. The van der Waals surface area contributed by atoms with Gasteiger partial charge in [0.15, 0.2) is 18.1 Å². The molecule has 0 spiro atoms. The third-order valence-electron chi connectivity index (χ3n) is 3.49. The Labute approximate surface area is 156 Å². The van der Waals surface area contributed by atoms with Crippen molar-refractivity contribution >= 4 is 17.8 Å². The molecule has 140 valence electrons. The van der Waals surface area contributed by atoms with Crippen LogP contribution in [0.4, 0.5) is 5.69 Å². The molecule has 8 heteroatoms. The monoisotopic (exact) mass is 369 g/mol. The fraction of sp³-hybridized carbons (Fsp3) is 0.158. The summed E-state index contributed by atoms with van der Waals surface area (Å²) in [5.74, 6) is 0.413. The van der Waals surface area contributed by atoms with E-state index in [0.29, 0.717) is 17.9 Å². The first-order valence-electron chi connectivity index (χ1n) is 8.01. The minimum atomic E-state index is -0.519. The number of para-hydroxylation sites is 1. The van der Waals surface area contributed by atoms with Crippen LogP contribution >= 0.6 is 0 Å². The standard InChI is InChI=1S/C19H19N3O5/c1-3-6-14-9-10-17(18(11-14)26-2)27-13-19(23)21-20-12-15-7-4-5-8-16(15)22(24)25/h3-5,7-12H,1,6,13H2,2H3,(H,21,23)/b20-12-. The lowest BCUT2D eigenvalue weighted by Crippen LogP contribution is -2.24. The normalized spacial score (nSPS) is 10.4. The van der Waals surface area contributed by atoms with Crippen LogP contribution in [-0.2, 0) is 11.2 Å². The molecule has 0 aliphatic rings. The molecule has 0 fully saturated rings. The first kappa shape index (κ1) is 19.6. The number of rotatable bonds is 9. The van der Waals surface area contributed by atoms with E-state index in [1.807, 2.05) is 12.1 Å². The number of allylic oxidation sites excluding steroid dienone is 1. The third-order valence-corrected chi connectivity index (χ3v) is 3.49. The molecule has 0 saturated carbocycles. The van der Waals surface area contributed by atoms with Gasteiger partial charge >= 0.3 is 0 Å². The van der Waals surface area contributed by atoms with Crippen molar-refractivity contribution in [2.45, 2.75) is 6.42 Å². The largest absolute Gasteiger partial charge is 0.493 e. The van der Waals surface area contributed by atoms with Gasteiger partial charge in [0, 0.05) is 6.07 Å². The van der Waals surface area contributed by atoms with Crippen LogP contribution in [0.2, 0.25) is 0 Å². The predicted molar refractivity (Wildman–Crippen MR) is 101 cm³/mol. The molecule has 0 aromatic heterocycles. The maximum absolute atomic E-state index is 11.9. The lowest BCUT2D eigenvalue weighted by atomic mass is 10.1. The lowest BCUT2D eigenvalue weighted by Gasteiger charge is -2.11. The van der Waals surface area contributed by atoms with Crippen molar-refractivity contribution in [1.82, 2.24) is 5.43 Å². The summed E-state index contributed by atoms with van der Waals surface area (Å²) in [4.78, 5) is 22.3. The zero-order chi connectivity index (χ0) is 19.6. The SMILES string of the molecule is C=CCc1ccc(OCC(=O)N/N=C\c2ccccc2[N+](=O)[O-])c(OC)c1. The number of nitrogens with zero attached hydrogens (tertiary/aromatic N) is 2. The van der Waals surface area contributed by atoms with Gasteiger partial charge in [-0.3, -0.25) is 14.9 Å². The molecule has 8 nitrogen and oxygen atoms in total. The van der Waals surface area contributed by atoms with Gasteiger partial charge in [0.25, 0.3) is 11.6 Å². The summed E-state index contributed by atoms with van der Waals surface area (Å²) < 4.78 is 10.7. The number of hydrogen-bond donors (Lipinski definition) is 1. The van der Waals surface area contributed by atoms with E-state index in [-0.39, 0.29) is 17.9 Å². The van der Waals surface area contributed by atoms with Crippen LogP contribution in [0.15, 0.2) is 60.2 Å². The minimum absolute atomic E-state index is 0.101. The molecule has 0 unspecified atom stereocenters. The second-order valence-electron chi connectivity index (χ2n) is 5.38. The van der Waals surface area contributed by atoms with E-state index in [2.05, 4.69) is 17.1 Å². The molecule has 0 saturated heterocycles. The average Bonchev–Trinajstić information content (AvgIpc) is 2.67. The van der Waals surface area contributed by atoms with E-state index in [1.165, 1.54) is 25.5 Å². The fourth-order valence-electron chi connectivity index (χ4n) is 2.24. The van der Waals surface area contributed by atoms with Gasteiger partial charge in [-0.25, -0.2) is 5.43 Å². The molecule has 2 aromatic carbocycles. The summed E-state index contributed by atoms with van der Waals surface area (Å²) in [5.41, 5.74) is 3.45. The number of nitro groups is 1. The number of methoxy groups -OCH3 is 1. The van der Waals surface area contributed by atoms with Gasteiger partial charge in [0.1, 0.15) is 0 Å². The maximum Gasteiger partial charge on any atom is 0.278 e. The number of benzene rings is 2. The Hall–Kier alpha value is -3.68. The van der Waals surface area contributed by atoms with E-state index in [9.17, 15) is 14.9 Å². The molecule has 2 rings (SSSR count).